The third kappa shape index (κ3) is 5.56. The monoisotopic (exact) mass is 362 g/mol. The maximum absolute atomic E-state index is 11.9. The van der Waals surface area contributed by atoms with Crippen molar-refractivity contribution in [2.45, 2.75) is 44.9 Å². The van der Waals surface area contributed by atoms with Crippen molar-refractivity contribution in [3.63, 3.8) is 0 Å². The summed E-state index contributed by atoms with van der Waals surface area (Å²) in [4.78, 5) is 27.4. The number of nitrogens with zero attached hydrogens (tertiary/aromatic N) is 4. The number of carbonyl (C=O) groups excluding carboxylic acids is 2. The van der Waals surface area contributed by atoms with Crippen LogP contribution >= 0.6 is 11.8 Å². The molecule has 3 amide bonds. The molecule has 2 N–H and O–H groups in total. The van der Waals surface area contributed by atoms with Crippen LogP contribution in [0.15, 0.2) is 29.7 Å². The van der Waals surface area contributed by atoms with Crippen LogP contribution in [0.4, 0.5) is 4.79 Å². The summed E-state index contributed by atoms with van der Waals surface area (Å²) in [6.45, 7) is 6.45. The molecule has 0 fully saturated rings. The van der Waals surface area contributed by atoms with Crippen molar-refractivity contribution in [1.29, 1.82) is 0 Å². The van der Waals surface area contributed by atoms with Gasteiger partial charge < -0.3 is 9.88 Å². The minimum absolute atomic E-state index is 0.0315. The molecule has 0 bridgehead atoms. The molecule has 0 aliphatic rings. The predicted molar refractivity (Wildman–Crippen MR) is 96.1 cm³/mol. The topological polar surface area (TPSA) is 102 Å². The van der Waals surface area contributed by atoms with E-state index in [4.69, 9.17) is 0 Å². The number of pyridine rings is 1. The van der Waals surface area contributed by atoms with Crippen molar-refractivity contribution in [1.82, 2.24) is 30.4 Å². The molecule has 2 heterocycles. The summed E-state index contributed by atoms with van der Waals surface area (Å²) in [6, 6.07) is 3.21. The number of nitrogens with one attached hydrogen (secondary N) is 2. The Morgan fingerprint density at radius 1 is 1.24 bits per heavy atom. The van der Waals surface area contributed by atoms with E-state index in [1.54, 1.807) is 12.4 Å². The predicted octanol–water partition coefficient (Wildman–Crippen LogP) is 2.08. The molecule has 2 rings (SSSR count). The molecule has 8 nitrogen and oxygen atoms in total. The maximum Gasteiger partial charge on any atom is 0.321 e. The SMILES string of the molecule is CCCn1c(SCC(=O)NC(=O)NC(C)C)nnc1-c1ccncc1. The van der Waals surface area contributed by atoms with E-state index in [1.807, 2.05) is 30.5 Å². The fourth-order valence-corrected chi connectivity index (χ4v) is 2.89. The first-order valence-corrected chi connectivity index (χ1v) is 9.06. The quantitative estimate of drug-likeness (QED) is 0.731. The van der Waals surface area contributed by atoms with E-state index >= 15 is 0 Å². The van der Waals surface area contributed by atoms with Gasteiger partial charge in [-0.15, -0.1) is 10.2 Å². The van der Waals surface area contributed by atoms with Gasteiger partial charge in [0.1, 0.15) is 0 Å². The Morgan fingerprint density at radius 2 is 1.96 bits per heavy atom. The summed E-state index contributed by atoms with van der Waals surface area (Å²) in [5.41, 5.74) is 0.920. The van der Waals surface area contributed by atoms with Gasteiger partial charge in [0.15, 0.2) is 11.0 Å². The summed E-state index contributed by atoms with van der Waals surface area (Å²) in [5.74, 6) is 0.452. The van der Waals surface area contributed by atoms with Crippen molar-refractivity contribution in [2.24, 2.45) is 0 Å². The van der Waals surface area contributed by atoms with E-state index in [1.165, 1.54) is 11.8 Å². The molecular formula is C16H22N6O2S. The Morgan fingerprint density at radius 3 is 2.60 bits per heavy atom. The standard InChI is InChI=1S/C16H22N6O2S/c1-4-9-22-14(12-5-7-17-8-6-12)20-21-16(22)25-10-13(23)19-15(24)18-11(2)3/h5-8,11H,4,9-10H2,1-3H3,(H2,18,19,23,24). The zero-order valence-corrected chi connectivity index (χ0v) is 15.3. The fourth-order valence-electron chi connectivity index (χ4n) is 2.13. The van der Waals surface area contributed by atoms with Gasteiger partial charge in [0.25, 0.3) is 0 Å². The van der Waals surface area contributed by atoms with E-state index in [2.05, 4.69) is 32.7 Å². The molecule has 0 spiro atoms. The zero-order chi connectivity index (χ0) is 18.2. The summed E-state index contributed by atoms with van der Waals surface area (Å²) >= 11 is 1.25. The third-order valence-corrected chi connectivity index (χ3v) is 4.07. The van der Waals surface area contributed by atoms with Crippen molar-refractivity contribution in [2.75, 3.05) is 5.75 Å². The highest BCUT2D eigenvalue weighted by molar-refractivity contribution is 7.99. The van der Waals surface area contributed by atoms with Crippen molar-refractivity contribution in [3.8, 4) is 11.4 Å². The van der Waals surface area contributed by atoms with Crippen LogP contribution in [0.2, 0.25) is 0 Å². The van der Waals surface area contributed by atoms with Crippen LogP contribution in [0.3, 0.4) is 0 Å². The second-order valence-corrected chi connectivity index (χ2v) is 6.60. The molecule has 2 aromatic heterocycles. The van der Waals surface area contributed by atoms with Gasteiger partial charge in [0.05, 0.1) is 5.75 Å². The lowest BCUT2D eigenvalue weighted by Crippen LogP contribution is -2.43. The van der Waals surface area contributed by atoms with Crippen molar-refractivity contribution in [3.05, 3.63) is 24.5 Å². The Balaban J connectivity index is 2.03. The Labute approximate surface area is 150 Å². The summed E-state index contributed by atoms with van der Waals surface area (Å²) in [6.07, 6.45) is 4.31. The molecule has 0 saturated heterocycles. The van der Waals surface area contributed by atoms with Gasteiger partial charge in [-0.05, 0) is 32.4 Å². The van der Waals surface area contributed by atoms with Crippen LogP contribution in [-0.2, 0) is 11.3 Å². The van der Waals surface area contributed by atoms with Gasteiger partial charge in [-0.25, -0.2) is 4.79 Å². The number of imide groups is 1. The Bertz CT molecular complexity index is 717. The number of amides is 3. The van der Waals surface area contributed by atoms with Crippen molar-refractivity contribution < 1.29 is 9.59 Å². The van der Waals surface area contributed by atoms with Gasteiger partial charge in [0, 0.05) is 30.5 Å². The number of thioether (sulfide) groups is 1. The zero-order valence-electron chi connectivity index (χ0n) is 14.5. The van der Waals surface area contributed by atoms with Crippen LogP contribution < -0.4 is 10.6 Å². The molecule has 25 heavy (non-hydrogen) atoms. The number of rotatable bonds is 7. The average molecular weight is 362 g/mol. The van der Waals surface area contributed by atoms with E-state index < -0.39 is 6.03 Å². The molecule has 0 saturated carbocycles. The molecule has 0 radical (unpaired) electrons. The molecule has 0 aliphatic carbocycles. The van der Waals surface area contributed by atoms with Crippen LogP contribution in [-0.4, -0.2) is 43.5 Å². The minimum atomic E-state index is -0.493. The highest BCUT2D eigenvalue weighted by atomic mass is 32.2. The average Bonchev–Trinajstić information content (AvgIpc) is 2.96. The second kappa shape index (κ2) is 9.16. The fraction of sp³-hybridized carbons (Fsp3) is 0.438. The number of carbonyl (C=O) groups is 2. The van der Waals surface area contributed by atoms with Gasteiger partial charge in [-0.2, -0.15) is 0 Å². The number of aromatic nitrogens is 4. The second-order valence-electron chi connectivity index (χ2n) is 5.66. The van der Waals surface area contributed by atoms with Gasteiger partial charge in [0.2, 0.25) is 5.91 Å². The van der Waals surface area contributed by atoms with E-state index in [9.17, 15) is 9.59 Å². The molecule has 0 aromatic carbocycles. The molecular weight excluding hydrogens is 340 g/mol. The first-order chi connectivity index (χ1) is 12.0. The van der Waals surface area contributed by atoms with E-state index in [-0.39, 0.29) is 17.7 Å². The summed E-state index contributed by atoms with van der Waals surface area (Å²) in [7, 11) is 0. The molecule has 0 atom stereocenters. The normalized spacial score (nSPS) is 10.7. The first-order valence-electron chi connectivity index (χ1n) is 8.08. The van der Waals surface area contributed by atoms with Crippen molar-refractivity contribution >= 4 is 23.7 Å². The molecule has 0 aliphatic heterocycles. The Kier molecular flexibility index (Phi) is 6.93. The summed E-state index contributed by atoms with van der Waals surface area (Å²) < 4.78 is 1.97. The van der Waals surface area contributed by atoms with Gasteiger partial charge in [-0.3, -0.25) is 15.1 Å². The number of urea groups is 1. The van der Waals surface area contributed by atoms with Gasteiger partial charge in [-0.1, -0.05) is 18.7 Å². The number of hydrogen-bond acceptors (Lipinski definition) is 6. The summed E-state index contributed by atoms with van der Waals surface area (Å²) in [5, 5.41) is 14.0. The van der Waals surface area contributed by atoms with Crippen LogP contribution in [0.1, 0.15) is 27.2 Å². The minimum Gasteiger partial charge on any atom is -0.336 e. The largest absolute Gasteiger partial charge is 0.336 e. The maximum atomic E-state index is 11.9. The highest BCUT2D eigenvalue weighted by Gasteiger charge is 2.16. The lowest BCUT2D eigenvalue weighted by atomic mass is 10.2. The number of hydrogen-bond donors (Lipinski definition) is 2. The van der Waals surface area contributed by atoms with Crippen LogP contribution in [0.25, 0.3) is 11.4 Å². The molecule has 2 aromatic rings. The van der Waals surface area contributed by atoms with E-state index in [0.29, 0.717) is 5.16 Å². The molecule has 0 unspecified atom stereocenters. The van der Waals surface area contributed by atoms with Crippen LogP contribution in [0.5, 0.6) is 0 Å². The Hall–Kier alpha value is -2.42. The lowest BCUT2D eigenvalue weighted by molar-refractivity contribution is -0.117. The molecule has 134 valence electrons. The van der Waals surface area contributed by atoms with E-state index in [0.717, 1.165) is 24.4 Å². The highest BCUT2D eigenvalue weighted by Crippen LogP contribution is 2.23. The lowest BCUT2D eigenvalue weighted by Gasteiger charge is -2.10. The third-order valence-electron chi connectivity index (χ3n) is 3.11. The molecule has 9 heteroatoms. The smallest absolute Gasteiger partial charge is 0.321 e. The van der Waals surface area contributed by atoms with Crippen LogP contribution in [0, 0.1) is 0 Å². The first kappa shape index (κ1) is 18.9. The van der Waals surface area contributed by atoms with Gasteiger partial charge >= 0.3 is 6.03 Å².